The number of pyridine rings is 2. The zero-order valence-electron chi connectivity index (χ0n) is 17.5. The molecule has 2 aliphatic heterocycles. The van der Waals surface area contributed by atoms with E-state index >= 15 is 0 Å². The van der Waals surface area contributed by atoms with E-state index in [0.717, 1.165) is 23.0 Å². The second kappa shape index (κ2) is 6.37. The number of fused-ring (bicyclic) bond motifs is 2. The van der Waals surface area contributed by atoms with E-state index in [2.05, 4.69) is 84.8 Å². The van der Waals surface area contributed by atoms with Gasteiger partial charge in [-0.05, 0) is 62.7 Å². The maximum atomic E-state index is 4.70. The number of rotatable bonds is 2. The van der Waals surface area contributed by atoms with Crippen LogP contribution in [0.15, 0.2) is 54.9 Å². The van der Waals surface area contributed by atoms with E-state index in [9.17, 15) is 0 Å². The molecule has 2 aromatic heterocycles. The van der Waals surface area contributed by atoms with Gasteiger partial charge >= 0.3 is 0 Å². The Balaban J connectivity index is 1.64. The van der Waals surface area contributed by atoms with Crippen molar-refractivity contribution in [2.45, 2.75) is 33.1 Å². The van der Waals surface area contributed by atoms with Crippen molar-refractivity contribution in [1.29, 1.82) is 0 Å². The minimum atomic E-state index is 0.193. The maximum absolute atomic E-state index is 4.70. The number of aromatic nitrogens is 2. The van der Waals surface area contributed by atoms with Crippen molar-refractivity contribution in [2.75, 3.05) is 33.7 Å². The van der Waals surface area contributed by atoms with Gasteiger partial charge in [-0.15, -0.1) is 0 Å². The van der Waals surface area contributed by atoms with Gasteiger partial charge in [-0.1, -0.05) is 6.07 Å². The molecule has 2 atom stereocenters. The van der Waals surface area contributed by atoms with Crippen molar-refractivity contribution in [3.8, 4) is 0 Å². The van der Waals surface area contributed by atoms with Gasteiger partial charge in [0.2, 0.25) is 0 Å². The van der Waals surface area contributed by atoms with Gasteiger partial charge in [-0.25, -0.2) is 9.97 Å². The summed E-state index contributed by atoms with van der Waals surface area (Å²) in [6.07, 6.45) is 4.12. The molecule has 0 fully saturated rings. The zero-order valence-corrected chi connectivity index (χ0v) is 17.5. The summed E-state index contributed by atoms with van der Waals surface area (Å²) in [4.78, 5) is 18.6. The van der Waals surface area contributed by atoms with Crippen molar-refractivity contribution in [3.05, 3.63) is 60.4 Å². The van der Waals surface area contributed by atoms with E-state index in [0.29, 0.717) is 0 Å². The quantitative estimate of drug-likeness (QED) is 0.638. The molecule has 29 heavy (non-hydrogen) atoms. The van der Waals surface area contributed by atoms with Crippen LogP contribution in [0, 0.1) is 6.92 Å². The molecular formula is C23H26N6. The van der Waals surface area contributed by atoms with Crippen LogP contribution in [0.5, 0.6) is 0 Å². The molecule has 0 bridgehead atoms. The maximum Gasteiger partial charge on any atom is 0.158 e. The van der Waals surface area contributed by atoms with E-state index in [1.807, 2.05) is 24.5 Å². The number of benzene rings is 1. The first-order valence-corrected chi connectivity index (χ1v) is 10.0. The highest BCUT2D eigenvalue weighted by molar-refractivity contribution is 5.87. The van der Waals surface area contributed by atoms with Gasteiger partial charge in [0.15, 0.2) is 11.6 Å². The average molecular weight is 387 g/mol. The summed E-state index contributed by atoms with van der Waals surface area (Å²) in [7, 11) is 4.25. The lowest BCUT2D eigenvalue weighted by atomic mass is 10.1. The van der Waals surface area contributed by atoms with Gasteiger partial charge in [-0.3, -0.25) is 0 Å². The lowest BCUT2D eigenvalue weighted by Gasteiger charge is -2.32. The summed E-state index contributed by atoms with van der Waals surface area (Å²) in [5, 5.41) is 0. The van der Waals surface area contributed by atoms with Gasteiger partial charge in [0.1, 0.15) is 12.3 Å². The Morgan fingerprint density at radius 1 is 0.655 bits per heavy atom. The van der Waals surface area contributed by atoms with Crippen LogP contribution in [0.2, 0.25) is 0 Å². The van der Waals surface area contributed by atoms with Gasteiger partial charge in [0, 0.05) is 37.9 Å². The summed E-state index contributed by atoms with van der Waals surface area (Å²) in [5.41, 5.74) is 5.90. The van der Waals surface area contributed by atoms with Crippen LogP contribution in [0.3, 0.4) is 0 Å². The second-order valence-corrected chi connectivity index (χ2v) is 7.84. The van der Waals surface area contributed by atoms with E-state index in [1.165, 1.54) is 16.9 Å². The summed E-state index contributed by atoms with van der Waals surface area (Å²) < 4.78 is 0. The summed E-state index contributed by atoms with van der Waals surface area (Å²) in [5.74, 6) is 2.01. The SMILES string of the molecule is Cc1c(N2c3ncccc3N(C)[C@H]2C)cccc1N1c2ncccc2N(C)[C@@H]1C. The van der Waals surface area contributed by atoms with Crippen LogP contribution < -0.4 is 19.6 Å². The smallest absolute Gasteiger partial charge is 0.158 e. The van der Waals surface area contributed by atoms with Crippen LogP contribution in [-0.2, 0) is 0 Å². The summed E-state index contributed by atoms with van der Waals surface area (Å²) in [6.45, 7) is 6.64. The number of hydrogen-bond acceptors (Lipinski definition) is 6. The van der Waals surface area contributed by atoms with Gasteiger partial charge in [0.25, 0.3) is 0 Å². The fraction of sp³-hybridized carbons (Fsp3) is 0.304. The zero-order chi connectivity index (χ0) is 20.3. The first kappa shape index (κ1) is 17.8. The van der Waals surface area contributed by atoms with E-state index in [1.54, 1.807) is 0 Å². The normalized spacial score (nSPS) is 20.3. The minimum Gasteiger partial charge on any atom is -0.351 e. The minimum absolute atomic E-state index is 0.193. The Kier molecular flexibility index (Phi) is 3.91. The molecule has 0 spiro atoms. The third-order valence-corrected chi connectivity index (χ3v) is 6.41. The standard InChI is InChI=1S/C23H26N6/c1-15-18(28-16(2)26(4)20-11-7-13-24-22(20)28)9-6-10-19(15)29-17(3)27(5)21-12-8-14-25-23(21)29/h6-14,16-17H,1-5H3/t16-,17+. The lowest BCUT2D eigenvalue weighted by molar-refractivity contribution is 0.722. The predicted molar refractivity (Wildman–Crippen MR) is 120 cm³/mol. The van der Waals surface area contributed by atoms with Crippen LogP contribution in [0.1, 0.15) is 19.4 Å². The number of nitrogens with zero attached hydrogens (tertiary/aromatic N) is 6. The molecular weight excluding hydrogens is 360 g/mol. The molecule has 0 N–H and O–H groups in total. The van der Waals surface area contributed by atoms with Gasteiger partial charge < -0.3 is 19.6 Å². The van der Waals surface area contributed by atoms with Crippen LogP contribution in [0.4, 0.5) is 34.4 Å². The van der Waals surface area contributed by atoms with E-state index in [4.69, 9.17) is 9.97 Å². The van der Waals surface area contributed by atoms with Crippen molar-refractivity contribution in [2.24, 2.45) is 0 Å². The molecule has 0 radical (unpaired) electrons. The largest absolute Gasteiger partial charge is 0.351 e. The van der Waals surface area contributed by atoms with Crippen molar-refractivity contribution < 1.29 is 0 Å². The summed E-state index contributed by atoms with van der Waals surface area (Å²) in [6, 6.07) is 14.8. The topological polar surface area (TPSA) is 38.7 Å². The Bertz CT molecular complexity index is 999. The highest BCUT2D eigenvalue weighted by Gasteiger charge is 2.36. The average Bonchev–Trinajstić information content (AvgIpc) is 3.14. The monoisotopic (exact) mass is 386 g/mol. The van der Waals surface area contributed by atoms with Crippen LogP contribution >= 0.6 is 0 Å². The number of hydrogen-bond donors (Lipinski definition) is 0. The molecule has 6 heteroatoms. The Labute approximate surface area is 172 Å². The molecule has 6 nitrogen and oxygen atoms in total. The Morgan fingerprint density at radius 3 is 1.52 bits per heavy atom. The highest BCUT2D eigenvalue weighted by Crippen LogP contribution is 2.47. The predicted octanol–water partition coefficient (Wildman–Crippen LogP) is 4.65. The van der Waals surface area contributed by atoms with Crippen molar-refractivity contribution in [1.82, 2.24) is 9.97 Å². The lowest BCUT2D eigenvalue weighted by Crippen LogP contribution is -2.37. The molecule has 5 rings (SSSR count). The third kappa shape index (κ3) is 2.41. The first-order chi connectivity index (χ1) is 14.0. The summed E-state index contributed by atoms with van der Waals surface area (Å²) >= 11 is 0. The first-order valence-electron chi connectivity index (χ1n) is 10.0. The van der Waals surface area contributed by atoms with Crippen molar-refractivity contribution >= 4 is 34.4 Å². The van der Waals surface area contributed by atoms with Crippen LogP contribution in [-0.4, -0.2) is 36.4 Å². The molecule has 4 heterocycles. The fourth-order valence-corrected chi connectivity index (χ4v) is 4.57. The van der Waals surface area contributed by atoms with Crippen LogP contribution in [0.25, 0.3) is 0 Å². The number of anilines is 6. The van der Waals surface area contributed by atoms with Gasteiger partial charge in [0.05, 0.1) is 11.4 Å². The molecule has 0 unspecified atom stereocenters. The third-order valence-electron chi connectivity index (χ3n) is 6.41. The Morgan fingerprint density at radius 2 is 1.07 bits per heavy atom. The molecule has 148 valence electrons. The molecule has 0 saturated carbocycles. The molecule has 1 aromatic carbocycles. The molecule has 3 aromatic rings. The molecule has 0 aliphatic carbocycles. The fourth-order valence-electron chi connectivity index (χ4n) is 4.57. The van der Waals surface area contributed by atoms with Gasteiger partial charge in [-0.2, -0.15) is 0 Å². The molecule has 0 amide bonds. The highest BCUT2D eigenvalue weighted by atomic mass is 15.4. The van der Waals surface area contributed by atoms with E-state index in [-0.39, 0.29) is 12.3 Å². The van der Waals surface area contributed by atoms with Crippen molar-refractivity contribution in [3.63, 3.8) is 0 Å². The molecule has 0 saturated heterocycles. The second-order valence-electron chi connectivity index (χ2n) is 7.84. The van der Waals surface area contributed by atoms with E-state index < -0.39 is 0 Å². The Hall–Kier alpha value is -3.28. The molecule has 2 aliphatic rings.